The molecular formula is C21H33NO3Si. The van der Waals surface area contributed by atoms with Crippen molar-refractivity contribution in [2.24, 2.45) is 0 Å². The topological polar surface area (TPSA) is 38.8 Å². The summed E-state index contributed by atoms with van der Waals surface area (Å²) in [4.78, 5) is 14.5. The van der Waals surface area contributed by atoms with Crippen LogP contribution in [0.15, 0.2) is 42.5 Å². The largest absolute Gasteiger partial charge is 0.445 e. The number of carbonyl (C=O) groups excluding carboxylic acids is 1. The Morgan fingerprint density at radius 2 is 1.92 bits per heavy atom. The monoisotopic (exact) mass is 375 g/mol. The maximum Gasteiger partial charge on any atom is 0.410 e. The molecule has 0 bridgehead atoms. The molecule has 4 nitrogen and oxygen atoms in total. The zero-order valence-corrected chi connectivity index (χ0v) is 17.8. The van der Waals surface area contributed by atoms with Crippen LogP contribution in [0.25, 0.3) is 0 Å². The smallest absolute Gasteiger partial charge is 0.410 e. The molecule has 1 amide bonds. The molecule has 1 unspecified atom stereocenters. The van der Waals surface area contributed by atoms with Gasteiger partial charge < -0.3 is 9.16 Å². The predicted octanol–water partition coefficient (Wildman–Crippen LogP) is 5.37. The van der Waals surface area contributed by atoms with E-state index < -0.39 is 8.32 Å². The maximum absolute atomic E-state index is 12.7. The summed E-state index contributed by atoms with van der Waals surface area (Å²) in [5.41, 5.74) is 1.00. The molecule has 0 saturated carbocycles. The van der Waals surface area contributed by atoms with Gasteiger partial charge in [-0.2, -0.15) is 0 Å². The Labute approximate surface area is 159 Å². The minimum absolute atomic E-state index is 0.0603. The lowest BCUT2D eigenvalue weighted by atomic mass is 10.2. The molecule has 0 aliphatic carbocycles. The summed E-state index contributed by atoms with van der Waals surface area (Å²) in [6.45, 7) is 12.7. The molecule has 2 rings (SSSR count). The Hall–Kier alpha value is -1.59. The van der Waals surface area contributed by atoms with Crippen LogP contribution in [0.5, 0.6) is 0 Å². The number of hydrogen-bond donors (Lipinski definition) is 0. The SMILES string of the molecule is CC(C)(C)[Si](C)(C)OCC1C=CCCCN1C(=O)OCc1ccccc1. The van der Waals surface area contributed by atoms with Crippen molar-refractivity contribution in [2.45, 2.75) is 64.4 Å². The molecule has 26 heavy (non-hydrogen) atoms. The number of carbonyl (C=O) groups is 1. The second-order valence-corrected chi connectivity index (χ2v) is 13.3. The quantitative estimate of drug-likeness (QED) is 0.513. The Kier molecular flexibility index (Phi) is 7.06. The van der Waals surface area contributed by atoms with Gasteiger partial charge in [-0.25, -0.2) is 4.79 Å². The number of allylic oxidation sites excluding steroid dienone is 1. The summed E-state index contributed by atoms with van der Waals surface area (Å²) in [5, 5.41) is 0.153. The number of ether oxygens (including phenoxy) is 1. The zero-order chi connectivity index (χ0) is 19.2. The van der Waals surface area contributed by atoms with Crippen LogP contribution in [0.2, 0.25) is 18.1 Å². The van der Waals surface area contributed by atoms with Crippen molar-refractivity contribution in [2.75, 3.05) is 13.2 Å². The van der Waals surface area contributed by atoms with Crippen molar-refractivity contribution in [3.8, 4) is 0 Å². The third kappa shape index (κ3) is 5.71. The number of amides is 1. The van der Waals surface area contributed by atoms with Gasteiger partial charge in [0.2, 0.25) is 0 Å². The molecule has 0 saturated heterocycles. The highest BCUT2D eigenvalue weighted by Crippen LogP contribution is 2.36. The highest BCUT2D eigenvalue weighted by Gasteiger charge is 2.38. The lowest BCUT2D eigenvalue weighted by Crippen LogP contribution is -2.47. The van der Waals surface area contributed by atoms with Crippen LogP contribution in [-0.2, 0) is 15.8 Å². The molecule has 0 fully saturated rings. The molecule has 144 valence electrons. The molecule has 5 heteroatoms. The van der Waals surface area contributed by atoms with Crippen LogP contribution >= 0.6 is 0 Å². The van der Waals surface area contributed by atoms with Crippen LogP contribution in [0, 0.1) is 0 Å². The lowest BCUT2D eigenvalue weighted by Gasteiger charge is -2.38. The van der Waals surface area contributed by atoms with E-state index in [1.165, 1.54) is 0 Å². The van der Waals surface area contributed by atoms with Gasteiger partial charge in [0.05, 0.1) is 12.6 Å². The van der Waals surface area contributed by atoms with Gasteiger partial charge in [0.25, 0.3) is 0 Å². The summed E-state index contributed by atoms with van der Waals surface area (Å²) in [5.74, 6) is 0. The van der Waals surface area contributed by atoms with Crippen LogP contribution in [-0.4, -0.2) is 38.5 Å². The van der Waals surface area contributed by atoms with Crippen LogP contribution in [0.4, 0.5) is 4.79 Å². The van der Waals surface area contributed by atoms with Gasteiger partial charge in [0, 0.05) is 6.54 Å². The van der Waals surface area contributed by atoms with Gasteiger partial charge in [-0.05, 0) is 36.5 Å². The Balaban J connectivity index is 1.99. The van der Waals surface area contributed by atoms with E-state index in [0.29, 0.717) is 19.8 Å². The number of hydrogen-bond acceptors (Lipinski definition) is 3. The summed E-state index contributed by atoms with van der Waals surface area (Å²) in [6.07, 6.45) is 5.94. The van der Waals surface area contributed by atoms with Crippen molar-refractivity contribution < 1.29 is 14.0 Å². The first-order valence-corrected chi connectivity index (χ1v) is 12.4. The van der Waals surface area contributed by atoms with E-state index in [-0.39, 0.29) is 17.2 Å². The van der Waals surface area contributed by atoms with Crippen LogP contribution < -0.4 is 0 Å². The maximum atomic E-state index is 12.7. The molecule has 0 N–H and O–H groups in total. The predicted molar refractivity (Wildman–Crippen MR) is 109 cm³/mol. The molecule has 0 radical (unpaired) electrons. The van der Waals surface area contributed by atoms with Gasteiger partial charge in [0.1, 0.15) is 6.61 Å². The first-order valence-electron chi connectivity index (χ1n) is 9.49. The fourth-order valence-electron chi connectivity index (χ4n) is 2.59. The minimum Gasteiger partial charge on any atom is -0.445 e. The average molecular weight is 376 g/mol. The zero-order valence-electron chi connectivity index (χ0n) is 16.8. The van der Waals surface area contributed by atoms with E-state index in [4.69, 9.17) is 9.16 Å². The number of nitrogens with zero attached hydrogens (tertiary/aromatic N) is 1. The summed E-state index contributed by atoms with van der Waals surface area (Å²) in [6, 6.07) is 9.73. The van der Waals surface area contributed by atoms with E-state index in [9.17, 15) is 4.79 Å². The second-order valence-electron chi connectivity index (χ2n) is 8.44. The molecule has 1 aromatic carbocycles. The third-order valence-electron chi connectivity index (χ3n) is 5.39. The molecule has 1 aliphatic rings. The standard InChI is InChI=1S/C21H33NO3Si/c1-21(2,3)26(4,5)25-17-19-14-10-7-11-15-22(19)20(23)24-16-18-12-8-6-9-13-18/h6,8-10,12-14,19H,7,11,15-17H2,1-5H3. The summed E-state index contributed by atoms with van der Waals surface area (Å²) < 4.78 is 11.9. The van der Waals surface area contributed by atoms with Crippen molar-refractivity contribution in [3.63, 3.8) is 0 Å². The Bertz CT molecular complexity index is 607. The molecule has 1 heterocycles. The normalized spacial score (nSPS) is 18.5. The molecule has 0 spiro atoms. The molecule has 0 aromatic heterocycles. The molecule has 1 aromatic rings. The van der Waals surface area contributed by atoms with Crippen molar-refractivity contribution in [1.82, 2.24) is 4.90 Å². The summed E-state index contributed by atoms with van der Waals surface area (Å²) in [7, 11) is -1.85. The highest BCUT2D eigenvalue weighted by atomic mass is 28.4. The lowest BCUT2D eigenvalue weighted by molar-refractivity contribution is 0.0768. The highest BCUT2D eigenvalue weighted by molar-refractivity contribution is 6.74. The first-order chi connectivity index (χ1) is 12.2. The Morgan fingerprint density at radius 1 is 1.23 bits per heavy atom. The van der Waals surface area contributed by atoms with Gasteiger partial charge in [-0.3, -0.25) is 4.90 Å². The van der Waals surface area contributed by atoms with Crippen LogP contribution in [0.3, 0.4) is 0 Å². The van der Waals surface area contributed by atoms with E-state index in [1.54, 1.807) is 0 Å². The molecule has 1 atom stereocenters. The van der Waals surface area contributed by atoms with E-state index in [0.717, 1.165) is 18.4 Å². The third-order valence-corrected chi connectivity index (χ3v) is 9.89. The van der Waals surface area contributed by atoms with E-state index >= 15 is 0 Å². The van der Waals surface area contributed by atoms with Gasteiger partial charge in [0.15, 0.2) is 8.32 Å². The van der Waals surface area contributed by atoms with E-state index in [2.05, 4.69) is 46.0 Å². The second kappa shape index (κ2) is 8.87. The van der Waals surface area contributed by atoms with Gasteiger partial charge in [-0.15, -0.1) is 0 Å². The van der Waals surface area contributed by atoms with Crippen molar-refractivity contribution in [1.29, 1.82) is 0 Å². The minimum atomic E-state index is -1.85. The van der Waals surface area contributed by atoms with Gasteiger partial charge >= 0.3 is 6.09 Å². The van der Waals surface area contributed by atoms with E-state index in [1.807, 2.05) is 35.2 Å². The first kappa shape index (κ1) is 20.7. The van der Waals surface area contributed by atoms with Crippen molar-refractivity contribution in [3.05, 3.63) is 48.0 Å². The van der Waals surface area contributed by atoms with Gasteiger partial charge in [-0.1, -0.05) is 63.3 Å². The molecule has 1 aliphatic heterocycles. The average Bonchev–Trinajstić information content (AvgIpc) is 2.83. The van der Waals surface area contributed by atoms with Crippen LogP contribution in [0.1, 0.15) is 39.2 Å². The fraction of sp³-hybridized carbons (Fsp3) is 0.571. The Morgan fingerprint density at radius 3 is 2.58 bits per heavy atom. The van der Waals surface area contributed by atoms with Crippen molar-refractivity contribution >= 4 is 14.4 Å². The summed E-state index contributed by atoms with van der Waals surface area (Å²) >= 11 is 0. The number of rotatable bonds is 5. The fourth-order valence-corrected chi connectivity index (χ4v) is 3.61. The molecular weight excluding hydrogens is 342 g/mol. The number of benzene rings is 1.